The summed E-state index contributed by atoms with van der Waals surface area (Å²) in [5.41, 5.74) is 0.483. The van der Waals surface area contributed by atoms with Gasteiger partial charge in [0.15, 0.2) is 5.69 Å². The Labute approximate surface area is 115 Å². The molecule has 0 saturated heterocycles. The standard InChI is InChI=1S/C12H8F3N3O3/c13-12(14,15)21-8-4-1-7(2-5-8)3-6-9-10(11(19)20)17-18-16-9/h1-6H,(H,19,20)(H,16,17,18)/b6-3+. The number of benzene rings is 1. The largest absolute Gasteiger partial charge is 0.573 e. The van der Waals surface area contributed by atoms with Crippen molar-refractivity contribution in [1.82, 2.24) is 15.4 Å². The van der Waals surface area contributed by atoms with Gasteiger partial charge in [0.2, 0.25) is 0 Å². The van der Waals surface area contributed by atoms with E-state index in [1.807, 2.05) is 0 Å². The molecule has 9 heteroatoms. The molecule has 0 amide bonds. The Kier molecular flexibility index (Phi) is 3.92. The predicted molar refractivity (Wildman–Crippen MR) is 65.4 cm³/mol. The molecule has 0 unspecified atom stereocenters. The second-order valence-corrected chi connectivity index (χ2v) is 3.83. The number of nitrogens with zero attached hydrogens (tertiary/aromatic N) is 2. The summed E-state index contributed by atoms with van der Waals surface area (Å²) in [6, 6.07) is 5.08. The molecule has 0 aliphatic carbocycles. The van der Waals surface area contributed by atoms with Gasteiger partial charge in [0.1, 0.15) is 5.75 Å². The number of carboxylic acids is 1. The molecule has 1 heterocycles. The maximum Gasteiger partial charge on any atom is 0.573 e. The van der Waals surface area contributed by atoms with Crippen molar-refractivity contribution in [2.75, 3.05) is 0 Å². The summed E-state index contributed by atoms with van der Waals surface area (Å²) < 4.78 is 39.7. The minimum atomic E-state index is -4.74. The number of rotatable bonds is 4. The zero-order valence-corrected chi connectivity index (χ0v) is 10.3. The molecule has 6 nitrogen and oxygen atoms in total. The zero-order chi connectivity index (χ0) is 15.5. The van der Waals surface area contributed by atoms with Gasteiger partial charge < -0.3 is 9.84 Å². The number of carbonyl (C=O) groups is 1. The van der Waals surface area contributed by atoms with Crippen molar-refractivity contribution in [3.63, 3.8) is 0 Å². The fraction of sp³-hybridized carbons (Fsp3) is 0.0833. The van der Waals surface area contributed by atoms with Gasteiger partial charge >= 0.3 is 12.3 Å². The van der Waals surface area contributed by atoms with Gasteiger partial charge in [-0.15, -0.1) is 18.3 Å². The molecule has 0 bridgehead atoms. The maximum absolute atomic E-state index is 12.0. The molecule has 0 spiro atoms. The van der Waals surface area contributed by atoms with Crippen molar-refractivity contribution in [3.8, 4) is 5.75 Å². The third-order valence-electron chi connectivity index (χ3n) is 2.33. The van der Waals surface area contributed by atoms with Gasteiger partial charge in [0.05, 0.1) is 5.69 Å². The van der Waals surface area contributed by atoms with E-state index in [-0.39, 0.29) is 17.1 Å². The first-order chi connectivity index (χ1) is 9.85. The van der Waals surface area contributed by atoms with E-state index in [1.54, 1.807) is 0 Å². The number of aromatic amines is 1. The minimum absolute atomic E-state index is 0.179. The molecule has 0 atom stereocenters. The first kappa shape index (κ1) is 14.6. The Morgan fingerprint density at radius 3 is 2.48 bits per heavy atom. The third-order valence-corrected chi connectivity index (χ3v) is 2.33. The topological polar surface area (TPSA) is 88.1 Å². The van der Waals surface area contributed by atoms with Crippen molar-refractivity contribution in [2.24, 2.45) is 0 Å². The average molecular weight is 299 g/mol. The summed E-state index contributed by atoms with van der Waals surface area (Å²) >= 11 is 0. The van der Waals surface area contributed by atoms with E-state index in [1.165, 1.54) is 24.3 Å². The Morgan fingerprint density at radius 2 is 1.90 bits per heavy atom. The predicted octanol–water partition coefficient (Wildman–Crippen LogP) is 2.57. The van der Waals surface area contributed by atoms with E-state index < -0.39 is 12.3 Å². The first-order valence-electron chi connectivity index (χ1n) is 5.53. The SMILES string of the molecule is O=C(O)c1nn[nH]c1/C=C/c1ccc(OC(F)(F)F)cc1. The molecule has 0 aliphatic rings. The highest BCUT2D eigenvalue weighted by molar-refractivity contribution is 5.90. The van der Waals surface area contributed by atoms with Crippen molar-refractivity contribution >= 4 is 18.1 Å². The number of aromatic nitrogens is 3. The lowest BCUT2D eigenvalue weighted by Gasteiger charge is -2.08. The van der Waals surface area contributed by atoms with Crippen LogP contribution in [0.2, 0.25) is 0 Å². The van der Waals surface area contributed by atoms with Crippen molar-refractivity contribution in [3.05, 3.63) is 41.2 Å². The molecule has 0 radical (unpaired) electrons. The van der Waals surface area contributed by atoms with Crippen LogP contribution in [0, 0.1) is 0 Å². The zero-order valence-electron chi connectivity index (χ0n) is 10.3. The Morgan fingerprint density at radius 1 is 1.24 bits per heavy atom. The van der Waals surface area contributed by atoms with Crippen LogP contribution in [0.4, 0.5) is 13.2 Å². The number of hydrogen-bond donors (Lipinski definition) is 2. The number of nitrogens with one attached hydrogen (secondary N) is 1. The average Bonchev–Trinajstić information content (AvgIpc) is 2.84. The van der Waals surface area contributed by atoms with Crippen molar-refractivity contribution in [1.29, 1.82) is 0 Å². The number of alkyl halides is 3. The van der Waals surface area contributed by atoms with Crippen LogP contribution >= 0.6 is 0 Å². The van der Waals surface area contributed by atoms with Gasteiger partial charge in [-0.2, -0.15) is 0 Å². The molecular formula is C12H8F3N3O3. The van der Waals surface area contributed by atoms with E-state index in [2.05, 4.69) is 20.1 Å². The highest BCUT2D eigenvalue weighted by Crippen LogP contribution is 2.23. The van der Waals surface area contributed by atoms with Crippen LogP contribution in [0.25, 0.3) is 12.2 Å². The Hall–Kier alpha value is -2.84. The number of carboxylic acid groups (broad SMARTS) is 1. The van der Waals surface area contributed by atoms with Crippen LogP contribution < -0.4 is 4.74 Å². The lowest BCUT2D eigenvalue weighted by atomic mass is 10.2. The van der Waals surface area contributed by atoms with Crippen LogP contribution in [0.5, 0.6) is 5.75 Å². The minimum Gasteiger partial charge on any atom is -0.476 e. The van der Waals surface area contributed by atoms with Crippen molar-refractivity contribution < 1.29 is 27.8 Å². The molecule has 0 fully saturated rings. The molecular weight excluding hydrogens is 291 g/mol. The molecule has 2 N–H and O–H groups in total. The van der Waals surface area contributed by atoms with Gasteiger partial charge in [-0.3, -0.25) is 5.10 Å². The highest BCUT2D eigenvalue weighted by atomic mass is 19.4. The first-order valence-corrected chi connectivity index (χ1v) is 5.53. The lowest BCUT2D eigenvalue weighted by molar-refractivity contribution is -0.274. The van der Waals surface area contributed by atoms with Gasteiger partial charge in [-0.05, 0) is 23.8 Å². The second kappa shape index (κ2) is 5.65. The normalized spacial score (nSPS) is 11.8. The van der Waals surface area contributed by atoms with Gasteiger partial charge in [-0.1, -0.05) is 23.4 Å². The lowest BCUT2D eigenvalue weighted by Crippen LogP contribution is -2.16. The Balaban J connectivity index is 2.11. The molecule has 2 aromatic rings. The van der Waals surface area contributed by atoms with E-state index >= 15 is 0 Å². The van der Waals surface area contributed by atoms with Gasteiger partial charge in [-0.25, -0.2) is 4.79 Å². The number of halogens is 3. The highest BCUT2D eigenvalue weighted by Gasteiger charge is 2.30. The van der Waals surface area contributed by atoms with Crippen molar-refractivity contribution in [2.45, 2.75) is 6.36 Å². The molecule has 1 aromatic carbocycles. The molecule has 2 rings (SSSR count). The van der Waals surface area contributed by atoms with Crippen LogP contribution in [-0.4, -0.2) is 32.8 Å². The molecule has 1 aromatic heterocycles. The monoisotopic (exact) mass is 299 g/mol. The molecule has 21 heavy (non-hydrogen) atoms. The van der Waals surface area contributed by atoms with E-state index in [9.17, 15) is 18.0 Å². The molecule has 0 aliphatic heterocycles. The van der Waals surface area contributed by atoms with Crippen LogP contribution in [0.1, 0.15) is 21.7 Å². The fourth-order valence-electron chi connectivity index (χ4n) is 1.47. The summed E-state index contributed by atoms with van der Waals surface area (Å²) in [5.74, 6) is -1.58. The second-order valence-electron chi connectivity index (χ2n) is 3.83. The van der Waals surface area contributed by atoms with E-state index in [0.29, 0.717) is 5.56 Å². The van der Waals surface area contributed by atoms with Crippen LogP contribution in [0.3, 0.4) is 0 Å². The smallest absolute Gasteiger partial charge is 0.476 e. The summed E-state index contributed by atoms with van der Waals surface area (Å²) in [5, 5.41) is 18.0. The van der Waals surface area contributed by atoms with Gasteiger partial charge in [0, 0.05) is 0 Å². The Bertz CT molecular complexity index is 662. The summed E-state index contributed by atoms with van der Waals surface area (Å²) in [7, 11) is 0. The third kappa shape index (κ3) is 4.06. The fourth-order valence-corrected chi connectivity index (χ4v) is 1.47. The van der Waals surface area contributed by atoms with Crippen LogP contribution in [-0.2, 0) is 0 Å². The summed E-state index contributed by atoms with van der Waals surface area (Å²) in [4.78, 5) is 10.8. The quantitative estimate of drug-likeness (QED) is 0.906. The number of hydrogen-bond acceptors (Lipinski definition) is 4. The number of aromatic carboxylic acids is 1. The van der Waals surface area contributed by atoms with E-state index in [4.69, 9.17) is 5.11 Å². The number of ether oxygens (including phenoxy) is 1. The number of H-pyrrole nitrogens is 1. The summed E-state index contributed by atoms with van der Waals surface area (Å²) in [6.07, 6.45) is -1.84. The van der Waals surface area contributed by atoms with E-state index in [0.717, 1.165) is 12.1 Å². The molecule has 110 valence electrons. The summed E-state index contributed by atoms with van der Waals surface area (Å²) in [6.45, 7) is 0. The maximum atomic E-state index is 12.0. The van der Waals surface area contributed by atoms with Gasteiger partial charge in [0.25, 0.3) is 0 Å². The molecule has 0 saturated carbocycles. The van der Waals surface area contributed by atoms with Crippen LogP contribution in [0.15, 0.2) is 24.3 Å².